The molecule has 8 nitrogen and oxygen atoms in total. The van der Waals surface area contributed by atoms with E-state index in [1.54, 1.807) is 30.5 Å². The zero-order valence-corrected chi connectivity index (χ0v) is 19.3. The van der Waals surface area contributed by atoms with Gasteiger partial charge in [0.25, 0.3) is 11.1 Å². The summed E-state index contributed by atoms with van der Waals surface area (Å²) < 4.78 is 0. The zero-order valence-electron chi connectivity index (χ0n) is 18.5. The Labute approximate surface area is 201 Å². The third kappa shape index (κ3) is 5.37. The molecule has 5 rings (SSSR count). The molecule has 0 unspecified atom stereocenters. The summed E-state index contributed by atoms with van der Waals surface area (Å²) >= 11 is 0.878. The number of fused-ring (bicyclic) bond motifs is 1. The number of phenolic OH excluding ortho intramolecular Hbond substituents is 1. The predicted molar refractivity (Wildman–Crippen MR) is 133 cm³/mol. The van der Waals surface area contributed by atoms with Gasteiger partial charge in [0.2, 0.25) is 5.95 Å². The second-order valence-electron chi connectivity index (χ2n) is 8.60. The summed E-state index contributed by atoms with van der Waals surface area (Å²) in [6, 6.07) is 14.2. The Morgan fingerprint density at radius 3 is 2.59 bits per heavy atom. The zero-order chi connectivity index (χ0) is 23.5. The minimum absolute atomic E-state index is 0.287. The van der Waals surface area contributed by atoms with Crippen molar-refractivity contribution in [1.29, 1.82) is 0 Å². The van der Waals surface area contributed by atoms with Crippen molar-refractivity contribution in [3.05, 3.63) is 64.8 Å². The lowest BCUT2D eigenvalue weighted by Gasteiger charge is -2.30. The number of rotatable bonds is 6. The summed E-state index contributed by atoms with van der Waals surface area (Å²) in [6.07, 6.45) is 7.39. The number of phenols is 1. The van der Waals surface area contributed by atoms with E-state index in [9.17, 15) is 14.7 Å². The molecule has 2 fully saturated rings. The van der Waals surface area contributed by atoms with Crippen LogP contribution in [0, 0.1) is 0 Å². The number of nitrogens with one attached hydrogen (secondary N) is 3. The maximum atomic E-state index is 11.7. The van der Waals surface area contributed by atoms with E-state index >= 15 is 0 Å². The van der Waals surface area contributed by atoms with Gasteiger partial charge in [0, 0.05) is 24.8 Å². The molecule has 9 heteroatoms. The number of aromatic nitrogens is 2. The van der Waals surface area contributed by atoms with Crippen LogP contribution in [0.1, 0.15) is 36.9 Å². The van der Waals surface area contributed by atoms with Crippen LogP contribution >= 0.6 is 11.8 Å². The van der Waals surface area contributed by atoms with Crippen molar-refractivity contribution in [2.24, 2.45) is 0 Å². The van der Waals surface area contributed by atoms with Crippen LogP contribution in [0.15, 0.2) is 53.6 Å². The standard InChI is InChI=1S/C25H25N5O3S/c31-21-8-3-16-11-15(1-2-17(16)12-21)14-27-18-4-6-19(7-5-18)28-24-26-10-9-20(29-24)13-22-23(32)30-25(33)34-22/h1-3,8-13,18-19,27,31H,4-7,14H2,(H,26,28,29)(H,30,32,33). The second kappa shape index (κ2) is 9.82. The Bertz CT molecular complexity index is 1270. The van der Waals surface area contributed by atoms with Gasteiger partial charge in [-0.05, 0) is 84.1 Å². The number of carbonyl (C=O) groups excluding carboxylic acids is 2. The van der Waals surface area contributed by atoms with Crippen molar-refractivity contribution in [3.8, 4) is 5.75 Å². The number of amides is 2. The van der Waals surface area contributed by atoms with Crippen molar-refractivity contribution in [2.75, 3.05) is 5.32 Å². The second-order valence-corrected chi connectivity index (χ2v) is 9.61. The van der Waals surface area contributed by atoms with Crippen LogP contribution < -0.4 is 16.0 Å². The smallest absolute Gasteiger partial charge is 0.290 e. The minimum Gasteiger partial charge on any atom is -0.508 e. The molecular formula is C25H25N5O3S. The van der Waals surface area contributed by atoms with Crippen molar-refractivity contribution in [3.63, 3.8) is 0 Å². The van der Waals surface area contributed by atoms with Gasteiger partial charge in [-0.15, -0.1) is 0 Å². The van der Waals surface area contributed by atoms with E-state index in [0.717, 1.165) is 54.8 Å². The number of nitrogens with zero attached hydrogens (tertiary/aromatic N) is 2. The first-order valence-corrected chi connectivity index (χ1v) is 12.1. The van der Waals surface area contributed by atoms with Crippen molar-refractivity contribution < 1.29 is 14.7 Å². The maximum Gasteiger partial charge on any atom is 0.290 e. The van der Waals surface area contributed by atoms with E-state index in [4.69, 9.17) is 0 Å². The van der Waals surface area contributed by atoms with Crippen molar-refractivity contribution >= 4 is 45.7 Å². The third-order valence-electron chi connectivity index (χ3n) is 6.14. The minimum atomic E-state index is -0.392. The molecular weight excluding hydrogens is 450 g/mol. The molecule has 1 aliphatic carbocycles. The van der Waals surface area contributed by atoms with Gasteiger partial charge in [-0.25, -0.2) is 9.97 Å². The average Bonchev–Trinajstić information content (AvgIpc) is 3.15. The van der Waals surface area contributed by atoms with E-state index in [1.165, 1.54) is 5.56 Å². The molecule has 0 atom stereocenters. The van der Waals surface area contributed by atoms with Gasteiger partial charge < -0.3 is 15.7 Å². The molecule has 174 valence electrons. The van der Waals surface area contributed by atoms with E-state index in [1.807, 2.05) is 12.1 Å². The molecule has 2 heterocycles. The van der Waals surface area contributed by atoms with Crippen LogP contribution in [0.25, 0.3) is 16.8 Å². The number of anilines is 1. The number of hydrogen-bond donors (Lipinski definition) is 4. The average molecular weight is 476 g/mol. The number of hydrogen-bond acceptors (Lipinski definition) is 8. The number of thioether (sulfide) groups is 1. The van der Waals surface area contributed by atoms with Crippen LogP contribution in [-0.2, 0) is 11.3 Å². The summed E-state index contributed by atoms with van der Waals surface area (Å²) in [5, 5.41) is 20.7. The van der Waals surface area contributed by atoms with Crippen molar-refractivity contribution in [2.45, 2.75) is 44.3 Å². The van der Waals surface area contributed by atoms with Gasteiger partial charge in [-0.2, -0.15) is 0 Å². The third-order valence-corrected chi connectivity index (χ3v) is 6.95. The Balaban J connectivity index is 1.12. The summed E-state index contributed by atoms with van der Waals surface area (Å²) in [6.45, 7) is 0.813. The molecule has 1 aliphatic heterocycles. The Morgan fingerprint density at radius 1 is 1.03 bits per heavy atom. The normalized spacial score (nSPS) is 21.7. The van der Waals surface area contributed by atoms with Gasteiger partial charge >= 0.3 is 0 Å². The van der Waals surface area contributed by atoms with Crippen LogP contribution in [0.5, 0.6) is 5.75 Å². The lowest BCUT2D eigenvalue weighted by Crippen LogP contribution is -2.36. The molecule has 2 aliphatic rings. The first kappa shape index (κ1) is 22.4. The number of benzene rings is 2. The van der Waals surface area contributed by atoms with E-state index < -0.39 is 5.91 Å². The molecule has 4 N–H and O–H groups in total. The van der Waals surface area contributed by atoms with Crippen LogP contribution in [0.3, 0.4) is 0 Å². The van der Waals surface area contributed by atoms with Crippen LogP contribution in [0.2, 0.25) is 0 Å². The first-order valence-electron chi connectivity index (χ1n) is 11.3. The molecule has 1 saturated heterocycles. The van der Waals surface area contributed by atoms with Gasteiger partial charge in [0.15, 0.2) is 0 Å². The number of carbonyl (C=O) groups is 2. The predicted octanol–water partition coefficient (Wildman–Crippen LogP) is 4.17. The Hall–Kier alpha value is -3.43. The Kier molecular flexibility index (Phi) is 6.46. The fourth-order valence-corrected chi connectivity index (χ4v) is 5.02. The quantitative estimate of drug-likeness (QED) is 0.393. The van der Waals surface area contributed by atoms with Gasteiger partial charge in [0.05, 0.1) is 10.6 Å². The van der Waals surface area contributed by atoms with E-state index in [-0.39, 0.29) is 11.0 Å². The molecule has 34 heavy (non-hydrogen) atoms. The summed E-state index contributed by atoms with van der Waals surface area (Å²) in [5.74, 6) is 0.425. The van der Waals surface area contributed by atoms with Crippen molar-refractivity contribution in [1.82, 2.24) is 20.6 Å². The SMILES string of the molecule is O=C1NC(=O)C(=Cc2ccnc(NC3CCC(NCc4ccc5cc(O)ccc5c4)CC3)n2)S1. The number of imide groups is 1. The fraction of sp³-hybridized carbons (Fsp3) is 0.280. The van der Waals surface area contributed by atoms with Gasteiger partial charge in [0.1, 0.15) is 5.75 Å². The highest BCUT2D eigenvalue weighted by Crippen LogP contribution is 2.26. The number of aromatic hydroxyl groups is 1. The molecule has 3 aromatic rings. The monoisotopic (exact) mass is 475 g/mol. The molecule has 2 aromatic carbocycles. The highest BCUT2D eigenvalue weighted by molar-refractivity contribution is 8.18. The maximum absolute atomic E-state index is 11.7. The summed E-state index contributed by atoms with van der Waals surface area (Å²) in [7, 11) is 0. The van der Waals surface area contributed by atoms with E-state index in [2.05, 4.69) is 38.1 Å². The fourth-order valence-electron chi connectivity index (χ4n) is 4.36. The summed E-state index contributed by atoms with van der Waals surface area (Å²) in [5.41, 5.74) is 1.82. The van der Waals surface area contributed by atoms with Gasteiger partial charge in [-0.3, -0.25) is 14.9 Å². The first-order chi connectivity index (χ1) is 16.5. The van der Waals surface area contributed by atoms with Crippen LogP contribution in [0.4, 0.5) is 10.7 Å². The molecule has 1 aromatic heterocycles. The van der Waals surface area contributed by atoms with E-state index in [0.29, 0.717) is 28.6 Å². The molecule has 2 amide bonds. The van der Waals surface area contributed by atoms with Gasteiger partial charge in [-0.1, -0.05) is 18.2 Å². The lowest BCUT2D eigenvalue weighted by molar-refractivity contribution is -0.115. The topological polar surface area (TPSA) is 116 Å². The molecule has 1 saturated carbocycles. The lowest BCUT2D eigenvalue weighted by atomic mass is 9.91. The molecule has 0 radical (unpaired) electrons. The van der Waals surface area contributed by atoms with Crippen LogP contribution in [-0.4, -0.2) is 38.3 Å². The molecule has 0 bridgehead atoms. The molecule has 0 spiro atoms. The Morgan fingerprint density at radius 2 is 1.79 bits per heavy atom. The highest BCUT2D eigenvalue weighted by Gasteiger charge is 2.25. The summed E-state index contributed by atoms with van der Waals surface area (Å²) in [4.78, 5) is 32.2. The largest absolute Gasteiger partial charge is 0.508 e. The highest BCUT2D eigenvalue weighted by atomic mass is 32.2.